The van der Waals surface area contributed by atoms with Crippen molar-refractivity contribution in [2.75, 3.05) is 0 Å². The summed E-state index contributed by atoms with van der Waals surface area (Å²) in [5.41, 5.74) is -1.77. The van der Waals surface area contributed by atoms with Gasteiger partial charge in [0.2, 0.25) is 0 Å². The molecular weight excluding hydrogens is 290 g/mol. The molecule has 1 N–H and O–H groups in total. The molecule has 0 atom stereocenters. The summed E-state index contributed by atoms with van der Waals surface area (Å²) in [6.07, 6.45) is 0. The fraction of sp³-hybridized carbons (Fsp3) is 0. The molecule has 0 radical (unpaired) electrons. The van der Waals surface area contributed by atoms with Crippen molar-refractivity contribution in [3.63, 3.8) is 0 Å². The molecule has 2 aromatic rings. The molecular formula is C14H7ClF2O3. The molecule has 0 aliphatic heterocycles. The van der Waals surface area contributed by atoms with Crippen molar-refractivity contribution < 1.29 is 23.5 Å². The summed E-state index contributed by atoms with van der Waals surface area (Å²) in [4.78, 5) is 23.1. The van der Waals surface area contributed by atoms with Crippen molar-refractivity contribution in [3.8, 4) is 0 Å². The molecule has 2 rings (SSSR count). The summed E-state index contributed by atoms with van der Waals surface area (Å²) in [6, 6.07) is 6.78. The SMILES string of the molecule is O=C(O)c1c(F)ccc(F)c1C(=O)c1ccc(Cl)cc1. The third-order valence-corrected chi connectivity index (χ3v) is 2.90. The van der Waals surface area contributed by atoms with Crippen molar-refractivity contribution in [2.24, 2.45) is 0 Å². The van der Waals surface area contributed by atoms with E-state index in [0.29, 0.717) is 17.2 Å². The third-order valence-electron chi connectivity index (χ3n) is 2.65. The van der Waals surface area contributed by atoms with E-state index in [2.05, 4.69) is 0 Å². The van der Waals surface area contributed by atoms with Gasteiger partial charge in [-0.2, -0.15) is 0 Å². The summed E-state index contributed by atoms with van der Waals surface area (Å²) in [5.74, 6) is -4.89. The highest BCUT2D eigenvalue weighted by Crippen LogP contribution is 2.22. The van der Waals surface area contributed by atoms with Crippen LogP contribution in [0.5, 0.6) is 0 Å². The van der Waals surface area contributed by atoms with Gasteiger partial charge in [0.15, 0.2) is 5.78 Å². The van der Waals surface area contributed by atoms with Gasteiger partial charge in [0.25, 0.3) is 0 Å². The number of carboxylic acid groups (broad SMARTS) is 1. The monoisotopic (exact) mass is 296 g/mol. The zero-order valence-electron chi connectivity index (χ0n) is 9.86. The van der Waals surface area contributed by atoms with Crippen LogP contribution >= 0.6 is 11.6 Å². The van der Waals surface area contributed by atoms with E-state index in [1.54, 1.807) is 0 Å². The Hall–Kier alpha value is -2.27. The predicted octanol–water partition coefficient (Wildman–Crippen LogP) is 3.55. The lowest BCUT2D eigenvalue weighted by Crippen LogP contribution is -2.14. The molecule has 0 heterocycles. The first-order chi connectivity index (χ1) is 9.41. The molecule has 0 aliphatic rings. The first-order valence-corrected chi connectivity index (χ1v) is 5.81. The van der Waals surface area contributed by atoms with Crippen molar-refractivity contribution in [1.82, 2.24) is 0 Å². The van der Waals surface area contributed by atoms with Gasteiger partial charge in [-0.3, -0.25) is 4.79 Å². The lowest BCUT2D eigenvalue weighted by molar-refractivity contribution is 0.0686. The topological polar surface area (TPSA) is 54.4 Å². The molecule has 6 heteroatoms. The molecule has 0 spiro atoms. The normalized spacial score (nSPS) is 10.3. The number of benzene rings is 2. The molecule has 0 saturated heterocycles. The Kier molecular flexibility index (Phi) is 3.81. The molecule has 2 aromatic carbocycles. The largest absolute Gasteiger partial charge is 0.478 e. The molecule has 0 unspecified atom stereocenters. The van der Waals surface area contributed by atoms with Crippen LogP contribution in [0, 0.1) is 11.6 Å². The smallest absolute Gasteiger partial charge is 0.339 e. The number of carbonyl (C=O) groups is 2. The van der Waals surface area contributed by atoms with Crippen LogP contribution in [0.25, 0.3) is 0 Å². The molecule has 20 heavy (non-hydrogen) atoms. The minimum Gasteiger partial charge on any atom is -0.478 e. The Morgan fingerprint density at radius 1 is 0.900 bits per heavy atom. The summed E-state index contributed by atoms with van der Waals surface area (Å²) in [7, 11) is 0. The number of hydrogen-bond donors (Lipinski definition) is 1. The van der Waals surface area contributed by atoms with Gasteiger partial charge in [-0.05, 0) is 36.4 Å². The number of ketones is 1. The highest BCUT2D eigenvalue weighted by molar-refractivity contribution is 6.30. The van der Waals surface area contributed by atoms with Crippen LogP contribution < -0.4 is 0 Å². The number of hydrogen-bond acceptors (Lipinski definition) is 2. The van der Waals surface area contributed by atoms with E-state index in [4.69, 9.17) is 16.7 Å². The molecule has 0 bridgehead atoms. The van der Waals surface area contributed by atoms with Crippen LogP contribution in [0.2, 0.25) is 5.02 Å². The Bertz CT molecular complexity index is 696. The summed E-state index contributed by atoms with van der Waals surface area (Å²) >= 11 is 5.66. The van der Waals surface area contributed by atoms with Gasteiger partial charge >= 0.3 is 5.97 Å². The Morgan fingerprint density at radius 2 is 1.40 bits per heavy atom. The maximum atomic E-state index is 13.7. The molecule has 0 amide bonds. The van der Waals surface area contributed by atoms with Gasteiger partial charge < -0.3 is 5.11 Å². The maximum Gasteiger partial charge on any atom is 0.339 e. The van der Waals surface area contributed by atoms with Crippen LogP contribution in [0.15, 0.2) is 36.4 Å². The van der Waals surface area contributed by atoms with Crippen LogP contribution in [-0.2, 0) is 0 Å². The van der Waals surface area contributed by atoms with Crippen molar-refractivity contribution >= 4 is 23.4 Å². The Morgan fingerprint density at radius 3 is 1.90 bits per heavy atom. The van der Waals surface area contributed by atoms with Crippen LogP contribution in [0.1, 0.15) is 26.3 Å². The first-order valence-electron chi connectivity index (χ1n) is 5.43. The van der Waals surface area contributed by atoms with Crippen LogP contribution in [-0.4, -0.2) is 16.9 Å². The summed E-state index contributed by atoms with van der Waals surface area (Å²) in [5, 5.41) is 9.29. The minimum atomic E-state index is -1.71. The first kappa shape index (κ1) is 14.1. The van der Waals surface area contributed by atoms with E-state index < -0.39 is 34.5 Å². The Balaban J connectivity index is 2.63. The molecule has 0 fully saturated rings. The molecule has 0 aliphatic carbocycles. The quantitative estimate of drug-likeness (QED) is 0.881. The average molecular weight is 297 g/mol. The van der Waals surface area contributed by atoms with E-state index >= 15 is 0 Å². The Labute approximate surface area is 117 Å². The third kappa shape index (κ3) is 2.53. The summed E-state index contributed by atoms with van der Waals surface area (Å²) in [6.45, 7) is 0. The highest BCUT2D eigenvalue weighted by Gasteiger charge is 2.25. The number of halogens is 3. The fourth-order valence-electron chi connectivity index (χ4n) is 1.73. The van der Waals surface area contributed by atoms with Crippen molar-refractivity contribution in [3.05, 3.63) is 69.7 Å². The lowest BCUT2D eigenvalue weighted by atomic mass is 9.97. The average Bonchev–Trinajstić information content (AvgIpc) is 2.40. The van der Waals surface area contributed by atoms with E-state index in [1.807, 2.05) is 0 Å². The van der Waals surface area contributed by atoms with Gasteiger partial charge in [0, 0.05) is 10.6 Å². The van der Waals surface area contributed by atoms with E-state index in [1.165, 1.54) is 24.3 Å². The molecule has 102 valence electrons. The van der Waals surface area contributed by atoms with E-state index in [0.717, 1.165) is 0 Å². The minimum absolute atomic E-state index is 0.0152. The van der Waals surface area contributed by atoms with Gasteiger partial charge in [0.05, 0.1) is 5.56 Å². The highest BCUT2D eigenvalue weighted by atomic mass is 35.5. The maximum absolute atomic E-state index is 13.7. The fourth-order valence-corrected chi connectivity index (χ4v) is 1.85. The molecule has 0 aromatic heterocycles. The second-order valence-corrected chi connectivity index (χ2v) is 4.36. The predicted molar refractivity (Wildman–Crippen MR) is 68.2 cm³/mol. The second-order valence-electron chi connectivity index (χ2n) is 3.92. The van der Waals surface area contributed by atoms with Crippen molar-refractivity contribution in [1.29, 1.82) is 0 Å². The number of rotatable bonds is 3. The summed E-state index contributed by atoms with van der Waals surface area (Å²) < 4.78 is 27.2. The zero-order valence-corrected chi connectivity index (χ0v) is 10.6. The van der Waals surface area contributed by atoms with Gasteiger partial charge in [-0.25, -0.2) is 13.6 Å². The van der Waals surface area contributed by atoms with Crippen LogP contribution in [0.4, 0.5) is 8.78 Å². The molecule has 3 nitrogen and oxygen atoms in total. The standard InChI is InChI=1S/C14H7ClF2O3/c15-8-3-1-7(2-4-8)13(18)11-9(16)5-6-10(17)12(11)14(19)20/h1-6H,(H,19,20). The number of carbonyl (C=O) groups excluding carboxylic acids is 1. The van der Waals surface area contributed by atoms with Crippen molar-refractivity contribution in [2.45, 2.75) is 0 Å². The second kappa shape index (κ2) is 5.38. The van der Waals surface area contributed by atoms with Gasteiger partial charge in [-0.1, -0.05) is 11.6 Å². The zero-order chi connectivity index (χ0) is 14.9. The van der Waals surface area contributed by atoms with E-state index in [-0.39, 0.29) is 5.56 Å². The van der Waals surface area contributed by atoms with Crippen LogP contribution in [0.3, 0.4) is 0 Å². The molecule has 0 saturated carbocycles. The lowest BCUT2D eigenvalue weighted by Gasteiger charge is -2.08. The van der Waals surface area contributed by atoms with Gasteiger partial charge in [0.1, 0.15) is 17.2 Å². The number of carboxylic acids is 1. The van der Waals surface area contributed by atoms with Gasteiger partial charge in [-0.15, -0.1) is 0 Å². The number of aromatic carboxylic acids is 1. The van der Waals surface area contributed by atoms with E-state index in [9.17, 15) is 18.4 Å².